The second-order valence-electron chi connectivity index (χ2n) is 4.92. The van der Waals surface area contributed by atoms with Gasteiger partial charge in [-0.3, -0.25) is 4.79 Å². The van der Waals surface area contributed by atoms with Crippen molar-refractivity contribution < 1.29 is 4.79 Å². The molecule has 0 saturated heterocycles. The molecule has 0 heterocycles. The van der Waals surface area contributed by atoms with Crippen LogP contribution in [-0.2, 0) is 12.8 Å². The van der Waals surface area contributed by atoms with E-state index in [2.05, 4.69) is 56.0 Å². The van der Waals surface area contributed by atoms with E-state index >= 15 is 0 Å². The van der Waals surface area contributed by atoms with Crippen LogP contribution in [0.15, 0.2) is 40.9 Å². The number of halogens is 2. The Morgan fingerprint density at radius 1 is 1.10 bits per heavy atom. The highest BCUT2D eigenvalue weighted by Crippen LogP contribution is 2.26. The van der Waals surface area contributed by atoms with Crippen LogP contribution >= 0.6 is 38.5 Å². The van der Waals surface area contributed by atoms with Gasteiger partial charge in [0.25, 0.3) is 5.91 Å². The van der Waals surface area contributed by atoms with Gasteiger partial charge in [-0.05, 0) is 83.3 Å². The molecular weight excluding hydrogens is 429 g/mol. The fourth-order valence-corrected chi connectivity index (χ4v) is 3.46. The van der Waals surface area contributed by atoms with E-state index < -0.39 is 0 Å². The molecule has 3 rings (SSSR count). The van der Waals surface area contributed by atoms with Gasteiger partial charge in [0.2, 0.25) is 0 Å². The maximum absolute atomic E-state index is 12.4. The van der Waals surface area contributed by atoms with Crippen LogP contribution in [0.3, 0.4) is 0 Å². The van der Waals surface area contributed by atoms with Crippen LogP contribution in [0.2, 0.25) is 0 Å². The minimum Gasteiger partial charge on any atom is -0.322 e. The average molecular weight is 442 g/mol. The van der Waals surface area contributed by atoms with E-state index in [0.29, 0.717) is 5.56 Å². The summed E-state index contributed by atoms with van der Waals surface area (Å²) in [6.45, 7) is 0. The van der Waals surface area contributed by atoms with Gasteiger partial charge in [0.05, 0.1) is 5.56 Å². The van der Waals surface area contributed by atoms with Gasteiger partial charge in [0.1, 0.15) is 0 Å². The van der Waals surface area contributed by atoms with E-state index in [1.165, 1.54) is 17.5 Å². The zero-order valence-corrected chi connectivity index (χ0v) is 14.5. The lowest BCUT2D eigenvalue weighted by atomic mass is 10.1. The summed E-state index contributed by atoms with van der Waals surface area (Å²) in [7, 11) is 0. The molecule has 0 spiro atoms. The number of nitrogens with one attached hydrogen (secondary N) is 1. The maximum Gasteiger partial charge on any atom is 0.256 e. The summed E-state index contributed by atoms with van der Waals surface area (Å²) >= 11 is 5.59. The molecule has 0 fully saturated rings. The summed E-state index contributed by atoms with van der Waals surface area (Å²) in [5, 5.41) is 2.99. The van der Waals surface area contributed by atoms with E-state index in [9.17, 15) is 4.79 Å². The molecule has 0 atom stereocenters. The smallest absolute Gasteiger partial charge is 0.256 e. The third-order valence-corrected chi connectivity index (χ3v) is 4.96. The molecule has 1 aliphatic rings. The number of aryl methyl sites for hydroxylation is 2. The van der Waals surface area contributed by atoms with Gasteiger partial charge < -0.3 is 5.32 Å². The number of fused-ring (bicyclic) bond motifs is 1. The lowest BCUT2D eigenvalue weighted by Gasteiger charge is -2.09. The van der Waals surface area contributed by atoms with Crippen molar-refractivity contribution in [2.75, 3.05) is 5.32 Å². The summed E-state index contributed by atoms with van der Waals surface area (Å²) in [4.78, 5) is 12.4. The SMILES string of the molecule is O=C(Nc1ccc2c(c1)CCC2)c1cc(Br)ccc1I. The van der Waals surface area contributed by atoms with Gasteiger partial charge in [-0.2, -0.15) is 0 Å². The first kappa shape index (κ1) is 14.1. The van der Waals surface area contributed by atoms with Crippen molar-refractivity contribution in [3.63, 3.8) is 0 Å². The van der Waals surface area contributed by atoms with Gasteiger partial charge in [-0.1, -0.05) is 22.0 Å². The number of rotatable bonds is 2. The second kappa shape index (κ2) is 5.85. The molecule has 0 radical (unpaired) electrons. The molecule has 0 bridgehead atoms. The predicted octanol–water partition coefficient (Wildman–Crippen LogP) is 4.79. The number of carbonyl (C=O) groups is 1. The van der Waals surface area contributed by atoms with Gasteiger partial charge in [0.15, 0.2) is 0 Å². The molecule has 0 saturated carbocycles. The van der Waals surface area contributed by atoms with E-state index in [0.717, 1.165) is 26.6 Å². The summed E-state index contributed by atoms with van der Waals surface area (Å²) in [5.74, 6) is -0.0614. The molecule has 102 valence electrons. The molecule has 2 aromatic carbocycles. The van der Waals surface area contributed by atoms with Crippen LogP contribution in [0.4, 0.5) is 5.69 Å². The van der Waals surface area contributed by atoms with Crippen molar-refractivity contribution in [3.05, 3.63) is 61.1 Å². The summed E-state index contributed by atoms with van der Waals surface area (Å²) < 4.78 is 1.86. The first-order chi connectivity index (χ1) is 9.63. The predicted molar refractivity (Wildman–Crippen MR) is 93.3 cm³/mol. The van der Waals surface area contributed by atoms with Crippen molar-refractivity contribution in [1.82, 2.24) is 0 Å². The number of anilines is 1. The van der Waals surface area contributed by atoms with E-state index in [4.69, 9.17) is 0 Å². The molecule has 4 heteroatoms. The van der Waals surface area contributed by atoms with Crippen molar-refractivity contribution in [2.24, 2.45) is 0 Å². The van der Waals surface area contributed by atoms with Crippen molar-refractivity contribution >= 4 is 50.1 Å². The minimum absolute atomic E-state index is 0.0614. The summed E-state index contributed by atoms with van der Waals surface area (Å²) in [5.41, 5.74) is 4.36. The molecule has 0 unspecified atom stereocenters. The first-order valence-corrected chi connectivity index (χ1v) is 8.39. The zero-order valence-electron chi connectivity index (χ0n) is 10.7. The Labute approximate surface area is 140 Å². The Bertz CT molecular complexity index is 684. The molecule has 1 aliphatic carbocycles. The van der Waals surface area contributed by atoms with Crippen LogP contribution in [0, 0.1) is 3.57 Å². The lowest BCUT2D eigenvalue weighted by Crippen LogP contribution is -2.13. The van der Waals surface area contributed by atoms with Crippen LogP contribution in [0.1, 0.15) is 27.9 Å². The van der Waals surface area contributed by atoms with E-state index in [1.54, 1.807) is 0 Å². The molecule has 0 aromatic heterocycles. The molecule has 2 nitrogen and oxygen atoms in total. The summed E-state index contributed by atoms with van der Waals surface area (Å²) in [6, 6.07) is 11.9. The van der Waals surface area contributed by atoms with Crippen LogP contribution in [0.5, 0.6) is 0 Å². The highest BCUT2D eigenvalue weighted by molar-refractivity contribution is 14.1. The monoisotopic (exact) mass is 441 g/mol. The van der Waals surface area contributed by atoms with Crippen molar-refractivity contribution in [2.45, 2.75) is 19.3 Å². The largest absolute Gasteiger partial charge is 0.322 e. The standard InChI is InChI=1S/C16H13BrINO/c17-12-5-7-15(18)14(9-12)16(20)19-13-6-4-10-2-1-3-11(10)8-13/h4-9H,1-3H2,(H,19,20). The Hall–Kier alpha value is -0.880. The lowest BCUT2D eigenvalue weighted by molar-refractivity contribution is 0.102. The Morgan fingerprint density at radius 3 is 2.75 bits per heavy atom. The van der Waals surface area contributed by atoms with Crippen LogP contribution in [0.25, 0.3) is 0 Å². The topological polar surface area (TPSA) is 29.1 Å². The first-order valence-electron chi connectivity index (χ1n) is 6.52. The van der Waals surface area contributed by atoms with Crippen LogP contribution in [-0.4, -0.2) is 5.91 Å². The molecule has 1 N–H and O–H groups in total. The number of hydrogen-bond acceptors (Lipinski definition) is 1. The van der Waals surface area contributed by atoms with E-state index in [1.807, 2.05) is 24.3 Å². The fraction of sp³-hybridized carbons (Fsp3) is 0.188. The third-order valence-electron chi connectivity index (χ3n) is 3.53. The number of hydrogen-bond donors (Lipinski definition) is 1. The second-order valence-corrected chi connectivity index (χ2v) is 6.99. The number of carbonyl (C=O) groups excluding carboxylic acids is 1. The Balaban J connectivity index is 1.84. The minimum atomic E-state index is -0.0614. The van der Waals surface area contributed by atoms with Gasteiger partial charge in [-0.25, -0.2) is 0 Å². The molecule has 0 aliphatic heterocycles. The molecule has 20 heavy (non-hydrogen) atoms. The highest BCUT2D eigenvalue weighted by Gasteiger charge is 2.14. The zero-order chi connectivity index (χ0) is 14.1. The third kappa shape index (κ3) is 2.91. The molecule has 1 amide bonds. The quantitative estimate of drug-likeness (QED) is 0.666. The molecular formula is C16H13BrINO. The van der Waals surface area contributed by atoms with Gasteiger partial charge >= 0.3 is 0 Å². The normalized spacial score (nSPS) is 13.1. The number of amides is 1. The van der Waals surface area contributed by atoms with E-state index in [-0.39, 0.29) is 5.91 Å². The summed E-state index contributed by atoms with van der Waals surface area (Å²) in [6.07, 6.45) is 3.50. The van der Waals surface area contributed by atoms with Crippen molar-refractivity contribution in [3.8, 4) is 0 Å². The van der Waals surface area contributed by atoms with Crippen molar-refractivity contribution in [1.29, 1.82) is 0 Å². The van der Waals surface area contributed by atoms with Gasteiger partial charge in [-0.15, -0.1) is 0 Å². The number of benzene rings is 2. The Morgan fingerprint density at radius 2 is 1.90 bits per heavy atom. The van der Waals surface area contributed by atoms with Gasteiger partial charge in [0, 0.05) is 13.7 Å². The fourth-order valence-electron chi connectivity index (χ4n) is 2.52. The Kier molecular flexibility index (Phi) is 4.12. The van der Waals surface area contributed by atoms with Crippen LogP contribution < -0.4 is 5.32 Å². The maximum atomic E-state index is 12.4. The molecule has 2 aromatic rings. The average Bonchev–Trinajstić information content (AvgIpc) is 2.89. The highest BCUT2D eigenvalue weighted by atomic mass is 127.